The van der Waals surface area contributed by atoms with E-state index < -0.39 is 0 Å². The molecular formula is C19H27N7O2. The molecule has 4 rings (SSSR count). The van der Waals surface area contributed by atoms with Crippen molar-refractivity contribution in [2.75, 3.05) is 50.0 Å². The van der Waals surface area contributed by atoms with Gasteiger partial charge >= 0.3 is 0 Å². The molecular weight excluding hydrogens is 358 g/mol. The van der Waals surface area contributed by atoms with Gasteiger partial charge in [-0.2, -0.15) is 9.50 Å². The van der Waals surface area contributed by atoms with Gasteiger partial charge in [0.1, 0.15) is 5.82 Å². The van der Waals surface area contributed by atoms with Crippen LogP contribution < -0.4 is 10.6 Å². The normalized spacial score (nSPS) is 16.2. The topological polar surface area (TPSA) is 109 Å². The highest BCUT2D eigenvalue weighted by Crippen LogP contribution is 2.23. The van der Waals surface area contributed by atoms with Crippen molar-refractivity contribution >= 4 is 17.4 Å². The van der Waals surface area contributed by atoms with E-state index in [1.54, 1.807) is 12.3 Å². The lowest BCUT2D eigenvalue weighted by molar-refractivity contribution is 0.128. The minimum absolute atomic E-state index is 0.0302. The number of nitrogens with two attached hydrogens (primary N) is 1. The number of hydrogen-bond acceptors (Lipinski definition) is 8. The fourth-order valence-corrected chi connectivity index (χ4v) is 3.31. The third-order valence-electron chi connectivity index (χ3n) is 5.31. The summed E-state index contributed by atoms with van der Waals surface area (Å²) in [5, 5.41) is 13.8. The molecule has 28 heavy (non-hydrogen) atoms. The van der Waals surface area contributed by atoms with Crippen molar-refractivity contribution in [3.05, 3.63) is 24.5 Å². The van der Waals surface area contributed by atoms with Crippen LogP contribution in [0.5, 0.6) is 0 Å². The molecule has 0 saturated carbocycles. The molecule has 0 spiro atoms. The highest BCUT2D eigenvalue weighted by molar-refractivity contribution is 5.59. The zero-order valence-electron chi connectivity index (χ0n) is 16.4. The maximum Gasteiger partial charge on any atom is 0.225 e. The van der Waals surface area contributed by atoms with Crippen LogP contribution in [-0.2, 0) is 0 Å². The Balaban J connectivity index is 1.45. The minimum atomic E-state index is -0.0302. The zero-order chi connectivity index (χ0) is 19.7. The first kappa shape index (κ1) is 18.7. The Kier molecular flexibility index (Phi) is 4.94. The first-order valence-electron chi connectivity index (χ1n) is 9.60. The number of hydrogen-bond donors (Lipinski definition) is 2. The summed E-state index contributed by atoms with van der Waals surface area (Å²) in [4.78, 5) is 13.7. The second kappa shape index (κ2) is 7.40. The smallest absolute Gasteiger partial charge is 0.225 e. The minimum Gasteiger partial charge on any atom is -0.461 e. The zero-order valence-corrected chi connectivity index (χ0v) is 16.4. The molecule has 0 atom stereocenters. The summed E-state index contributed by atoms with van der Waals surface area (Å²) in [6.07, 6.45) is 2.57. The maximum absolute atomic E-state index is 9.42. The molecule has 0 aliphatic carbocycles. The highest BCUT2D eigenvalue weighted by atomic mass is 16.3. The van der Waals surface area contributed by atoms with Crippen molar-refractivity contribution in [2.24, 2.45) is 5.41 Å². The van der Waals surface area contributed by atoms with Crippen LogP contribution in [0.4, 0.5) is 11.8 Å². The van der Waals surface area contributed by atoms with E-state index in [1.165, 1.54) is 4.52 Å². The molecule has 0 amide bonds. The quantitative estimate of drug-likeness (QED) is 0.657. The van der Waals surface area contributed by atoms with Crippen molar-refractivity contribution in [3.63, 3.8) is 0 Å². The molecule has 0 aromatic carbocycles. The lowest BCUT2D eigenvalue weighted by Gasteiger charge is -2.36. The van der Waals surface area contributed by atoms with E-state index in [0.29, 0.717) is 23.2 Å². The standard InChI is InChI=1S/C19H27N7O2/c1-19(2,13-27)5-6-24-7-9-25(10-8-24)15-12-16-21-17(14-4-3-11-28-14)23-26(16)18(20)22-15/h3-4,11-12,27H,5-10,13H2,1-2H3,(H2,20,22). The third-order valence-corrected chi connectivity index (χ3v) is 5.31. The van der Waals surface area contributed by atoms with Gasteiger partial charge in [-0.1, -0.05) is 13.8 Å². The molecule has 0 bridgehead atoms. The highest BCUT2D eigenvalue weighted by Gasteiger charge is 2.23. The van der Waals surface area contributed by atoms with E-state index in [-0.39, 0.29) is 12.0 Å². The van der Waals surface area contributed by atoms with Crippen LogP contribution in [0, 0.1) is 5.41 Å². The number of piperazine rings is 1. The van der Waals surface area contributed by atoms with Gasteiger partial charge in [-0.15, -0.1) is 5.10 Å². The van der Waals surface area contributed by atoms with Crippen molar-refractivity contribution < 1.29 is 9.52 Å². The lowest BCUT2D eigenvalue weighted by Crippen LogP contribution is -2.47. The number of nitrogens with zero attached hydrogens (tertiary/aromatic N) is 6. The van der Waals surface area contributed by atoms with Crippen molar-refractivity contribution in [3.8, 4) is 11.6 Å². The van der Waals surface area contributed by atoms with Crippen molar-refractivity contribution in [1.29, 1.82) is 0 Å². The molecule has 150 valence electrons. The maximum atomic E-state index is 9.42. The molecule has 1 saturated heterocycles. The number of aliphatic hydroxyl groups excluding tert-OH is 1. The van der Waals surface area contributed by atoms with Crippen LogP contribution in [0.1, 0.15) is 20.3 Å². The average molecular weight is 385 g/mol. The first-order valence-corrected chi connectivity index (χ1v) is 9.60. The Bertz CT molecular complexity index is 927. The van der Waals surface area contributed by atoms with Gasteiger partial charge < -0.3 is 20.2 Å². The fourth-order valence-electron chi connectivity index (χ4n) is 3.31. The predicted molar refractivity (Wildman–Crippen MR) is 107 cm³/mol. The SMILES string of the molecule is CC(C)(CO)CCN1CCN(c2cc3nc(-c4ccco4)nn3c(N)n2)CC1. The van der Waals surface area contributed by atoms with Crippen LogP contribution in [0.3, 0.4) is 0 Å². The third kappa shape index (κ3) is 3.81. The lowest BCUT2D eigenvalue weighted by atomic mass is 9.90. The molecule has 1 aliphatic heterocycles. The Morgan fingerprint density at radius 3 is 2.68 bits per heavy atom. The first-order chi connectivity index (χ1) is 13.4. The molecule has 1 fully saturated rings. The van der Waals surface area contributed by atoms with Gasteiger partial charge in [-0.25, -0.2) is 4.98 Å². The van der Waals surface area contributed by atoms with Gasteiger partial charge in [0, 0.05) is 38.9 Å². The number of rotatable bonds is 6. The van der Waals surface area contributed by atoms with Crippen LogP contribution in [-0.4, -0.2) is 68.9 Å². The molecule has 9 heteroatoms. The van der Waals surface area contributed by atoms with E-state index in [9.17, 15) is 5.11 Å². The number of nitrogen functional groups attached to an aromatic ring is 1. The van der Waals surface area contributed by atoms with Gasteiger partial charge in [0.2, 0.25) is 11.8 Å². The Morgan fingerprint density at radius 1 is 1.21 bits per heavy atom. The summed E-state index contributed by atoms with van der Waals surface area (Å²) < 4.78 is 6.91. The monoisotopic (exact) mass is 385 g/mol. The molecule has 0 radical (unpaired) electrons. The Labute approximate surface area is 163 Å². The number of fused-ring (bicyclic) bond motifs is 1. The van der Waals surface area contributed by atoms with Crippen LogP contribution >= 0.6 is 0 Å². The van der Waals surface area contributed by atoms with Gasteiger partial charge in [-0.3, -0.25) is 4.90 Å². The Hall–Kier alpha value is -2.65. The molecule has 3 N–H and O–H groups in total. The van der Waals surface area contributed by atoms with E-state index in [4.69, 9.17) is 10.2 Å². The largest absolute Gasteiger partial charge is 0.461 e. The molecule has 0 unspecified atom stereocenters. The van der Waals surface area contributed by atoms with Gasteiger partial charge in [0.05, 0.1) is 6.26 Å². The molecule has 3 aromatic rings. The molecule has 4 heterocycles. The second-order valence-electron chi connectivity index (χ2n) is 8.06. The van der Waals surface area contributed by atoms with Gasteiger partial charge in [0.25, 0.3) is 0 Å². The van der Waals surface area contributed by atoms with E-state index in [2.05, 4.69) is 38.7 Å². The van der Waals surface area contributed by atoms with E-state index in [1.807, 2.05) is 12.1 Å². The number of aromatic nitrogens is 4. The summed E-state index contributed by atoms with van der Waals surface area (Å²) in [6.45, 7) is 9.07. The summed E-state index contributed by atoms with van der Waals surface area (Å²) in [6, 6.07) is 5.53. The van der Waals surface area contributed by atoms with Gasteiger partial charge in [-0.05, 0) is 30.5 Å². The average Bonchev–Trinajstić information content (AvgIpc) is 3.36. The number of anilines is 2. The second-order valence-corrected chi connectivity index (χ2v) is 8.06. The van der Waals surface area contributed by atoms with Crippen LogP contribution in [0.15, 0.2) is 28.9 Å². The fraction of sp³-hybridized carbons (Fsp3) is 0.526. The predicted octanol–water partition coefficient (Wildman–Crippen LogP) is 1.50. The van der Waals surface area contributed by atoms with Crippen LogP contribution in [0.25, 0.3) is 17.2 Å². The van der Waals surface area contributed by atoms with Crippen LogP contribution in [0.2, 0.25) is 0 Å². The Morgan fingerprint density at radius 2 is 2.00 bits per heavy atom. The molecule has 3 aromatic heterocycles. The van der Waals surface area contributed by atoms with E-state index >= 15 is 0 Å². The van der Waals surface area contributed by atoms with Crippen molar-refractivity contribution in [1.82, 2.24) is 24.5 Å². The summed E-state index contributed by atoms with van der Waals surface area (Å²) in [5.41, 5.74) is 6.75. The number of furan rings is 1. The molecule has 1 aliphatic rings. The summed E-state index contributed by atoms with van der Waals surface area (Å²) >= 11 is 0. The summed E-state index contributed by atoms with van der Waals surface area (Å²) in [5.74, 6) is 2.22. The van der Waals surface area contributed by atoms with Crippen molar-refractivity contribution in [2.45, 2.75) is 20.3 Å². The molecule has 9 nitrogen and oxygen atoms in total. The van der Waals surface area contributed by atoms with E-state index in [0.717, 1.165) is 45.0 Å². The van der Waals surface area contributed by atoms with Gasteiger partial charge in [0.15, 0.2) is 11.4 Å². The number of aliphatic hydroxyl groups is 1. The summed E-state index contributed by atoms with van der Waals surface area (Å²) in [7, 11) is 0.